The molecule has 9 N–H and O–H groups in total. The quantitative estimate of drug-likeness (QED) is 0.0648. The molecule has 4 heterocycles. The molecule has 0 bridgehead atoms. The number of oxime groups is 1. The zero-order chi connectivity index (χ0) is 32.2. The molecule has 0 aromatic carbocycles. The van der Waals surface area contributed by atoms with Crippen molar-refractivity contribution in [3.05, 3.63) is 41.8 Å². The van der Waals surface area contributed by atoms with Gasteiger partial charge in [-0.25, -0.2) is 14.2 Å². The third-order valence-electron chi connectivity index (χ3n) is 6.52. The number of rotatable bonds is 14. The number of nitrogens with zero attached hydrogens (tertiary/aromatic N) is 6. The van der Waals surface area contributed by atoms with Crippen molar-refractivity contribution in [2.45, 2.75) is 37.8 Å². The number of Topliss-reactive ketones (excluding diaryl/α,β-unsaturated/α-hetero) is 1. The average Bonchev–Trinajstić information content (AvgIpc) is 3.40. The van der Waals surface area contributed by atoms with Gasteiger partial charge in [-0.05, 0) is 30.5 Å². The number of anilines is 3. The van der Waals surface area contributed by atoms with Crippen LogP contribution < -0.4 is 27.1 Å². The predicted molar refractivity (Wildman–Crippen MR) is 160 cm³/mol. The number of ketones is 1. The molecule has 44 heavy (non-hydrogen) atoms. The number of nitrogens with one attached hydrogen (secondary N) is 1. The van der Waals surface area contributed by atoms with E-state index >= 15 is 0 Å². The number of allylic oxidation sites excluding steroid dienone is 2. The van der Waals surface area contributed by atoms with E-state index in [2.05, 4.69) is 24.8 Å². The molecule has 234 valence electrons. The largest absolute Gasteiger partial charge is 0.478 e. The van der Waals surface area contributed by atoms with Crippen LogP contribution in [0.15, 0.2) is 41.1 Å². The van der Waals surface area contributed by atoms with Crippen LogP contribution >= 0.6 is 23.3 Å². The standard InChI is InChI=1S/C25H30N10O7S2/c1-25(2,23(40)41)42-32-16(19-31-24(28)44-33-19)15(36)8-13-20(37)35-17(22(38)39)12(10-43-21(13)35)4-3-7-34-9-14(29-6-5-26)18(27)30-11-34/h3-4,9,11,13,21,27,29H,5-8,10,26H2,1-2H3,(H4,28,31,33,38,39,40,41)/p+1/b4-3+,32-16+/t13-,21?/m1/s1. The van der Waals surface area contributed by atoms with Crippen molar-refractivity contribution in [1.29, 1.82) is 0 Å². The average molecular weight is 648 g/mol. The van der Waals surface area contributed by atoms with E-state index in [4.69, 9.17) is 22.0 Å². The van der Waals surface area contributed by atoms with Crippen LogP contribution in [0.5, 0.6) is 0 Å². The number of carboxylic acid groups (broad SMARTS) is 2. The SMILES string of the molecule is CC(C)(O/N=C(\C(=O)C[C@@H]1C(=O)N2C(C(=O)O)=C(/C=C/C[n+]3cnc(N)c(NCCN)c3)CSC12)c1nsc(N)n1)C(=O)O. The van der Waals surface area contributed by atoms with E-state index < -0.39 is 46.2 Å². The van der Waals surface area contributed by atoms with Gasteiger partial charge in [0.2, 0.25) is 17.3 Å². The van der Waals surface area contributed by atoms with E-state index in [1.54, 1.807) is 22.9 Å². The third-order valence-corrected chi connectivity index (χ3v) is 8.43. The fraction of sp³-hybridized carbons (Fsp3) is 0.400. The molecule has 2 atom stereocenters. The molecule has 1 unspecified atom stereocenters. The highest BCUT2D eigenvalue weighted by Crippen LogP contribution is 2.45. The van der Waals surface area contributed by atoms with E-state index in [0.717, 1.165) is 11.5 Å². The maximum Gasteiger partial charge on any atom is 0.352 e. The van der Waals surface area contributed by atoms with Crippen LogP contribution in [0, 0.1) is 5.92 Å². The summed E-state index contributed by atoms with van der Waals surface area (Å²) in [6.07, 6.45) is 6.30. The number of hydrogen-bond acceptors (Lipinski definition) is 15. The highest BCUT2D eigenvalue weighted by Gasteiger charge is 2.54. The summed E-state index contributed by atoms with van der Waals surface area (Å²) in [6.45, 7) is 3.75. The molecule has 2 aromatic heterocycles. The minimum atomic E-state index is -1.77. The number of aliphatic carboxylic acids is 2. The predicted octanol–water partition coefficient (Wildman–Crippen LogP) is -0.575. The van der Waals surface area contributed by atoms with Crippen molar-refractivity contribution < 1.29 is 38.8 Å². The highest BCUT2D eigenvalue weighted by atomic mass is 32.2. The molecule has 0 radical (unpaired) electrons. The van der Waals surface area contributed by atoms with Crippen LogP contribution in [0.4, 0.5) is 16.6 Å². The molecular formula is C25H31N10O7S2+. The van der Waals surface area contributed by atoms with Gasteiger partial charge in [0.25, 0.3) is 12.1 Å². The molecule has 0 aliphatic carbocycles. The molecule has 2 aliphatic rings. The number of fused-ring (bicyclic) bond motifs is 1. The van der Waals surface area contributed by atoms with Crippen LogP contribution in [0.2, 0.25) is 0 Å². The van der Waals surface area contributed by atoms with Gasteiger partial charge in [-0.3, -0.25) is 14.5 Å². The van der Waals surface area contributed by atoms with Gasteiger partial charge in [0.05, 0.1) is 11.3 Å². The lowest BCUT2D eigenvalue weighted by molar-refractivity contribution is -0.689. The molecule has 1 amide bonds. The van der Waals surface area contributed by atoms with Gasteiger partial charge in [0.15, 0.2) is 16.6 Å². The maximum atomic E-state index is 13.3. The summed E-state index contributed by atoms with van der Waals surface area (Å²) < 4.78 is 5.71. The Kier molecular flexibility index (Phi) is 9.80. The summed E-state index contributed by atoms with van der Waals surface area (Å²) in [7, 11) is 0. The first kappa shape index (κ1) is 32.3. The van der Waals surface area contributed by atoms with Crippen molar-refractivity contribution >= 4 is 69.3 Å². The van der Waals surface area contributed by atoms with Crippen LogP contribution in [0.25, 0.3) is 0 Å². The monoisotopic (exact) mass is 647 g/mol. The number of β-lactam (4-membered cyclic amide) rings is 1. The number of amides is 1. The Morgan fingerprint density at radius 1 is 1.32 bits per heavy atom. The second-order valence-corrected chi connectivity index (χ2v) is 12.0. The van der Waals surface area contributed by atoms with Gasteiger partial charge in [0.1, 0.15) is 24.1 Å². The van der Waals surface area contributed by atoms with Gasteiger partial charge in [0, 0.05) is 36.8 Å². The molecule has 1 fully saturated rings. The Balaban J connectivity index is 1.49. The third kappa shape index (κ3) is 6.95. The number of carboxylic acids is 2. The number of nitrogens with two attached hydrogens (primary N) is 3. The Morgan fingerprint density at radius 3 is 2.70 bits per heavy atom. The van der Waals surface area contributed by atoms with Gasteiger partial charge in [-0.2, -0.15) is 9.36 Å². The summed E-state index contributed by atoms with van der Waals surface area (Å²) in [5.41, 5.74) is 15.8. The molecule has 2 aliphatic heterocycles. The van der Waals surface area contributed by atoms with E-state index in [1.165, 1.54) is 36.8 Å². The van der Waals surface area contributed by atoms with Gasteiger partial charge >= 0.3 is 11.9 Å². The van der Waals surface area contributed by atoms with Crippen molar-refractivity contribution in [1.82, 2.24) is 19.2 Å². The lowest BCUT2D eigenvalue weighted by Crippen LogP contribution is -2.62. The zero-order valence-electron chi connectivity index (χ0n) is 23.7. The number of hydrogen-bond donors (Lipinski definition) is 6. The van der Waals surface area contributed by atoms with E-state index in [9.17, 15) is 29.4 Å². The molecular weight excluding hydrogens is 616 g/mol. The second-order valence-electron chi connectivity index (χ2n) is 10.1. The Hall–Kier alpha value is -4.62. The van der Waals surface area contributed by atoms with Crippen molar-refractivity contribution in [3.63, 3.8) is 0 Å². The van der Waals surface area contributed by atoms with Crippen LogP contribution in [-0.4, -0.2) is 88.6 Å². The molecule has 0 saturated carbocycles. The number of carbonyl (C=O) groups is 4. The molecule has 4 rings (SSSR count). The smallest absolute Gasteiger partial charge is 0.352 e. The summed E-state index contributed by atoms with van der Waals surface area (Å²) in [5, 5.41) is 25.5. The van der Waals surface area contributed by atoms with Crippen molar-refractivity contribution in [2.24, 2.45) is 16.8 Å². The lowest BCUT2D eigenvalue weighted by atomic mass is 9.89. The summed E-state index contributed by atoms with van der Waals surface area (Å²) in [4.78, 5) is 64.6. The lowest BCUT2D eigenvalue weighted by Gasteiger charge is -2.49. The fourth-order valence-corrected chi connectivity index (χ4v) is 6.00. The Labute approximate surface area is 259 Å². The highest BCUT2D eigenvalue weighted by molar-refractivity contribution is 8.00. The Morgan fingerprint density at radius 2 is 2.07 bits per heavy atom. The first-order valence-electron chi connectivity index (χ1n) is 13.1. The molecule has 1 saturated heterocycles. The molecule has 0 spiro atoms. The van der Waals surface area contributed by atoms with E-state index in [0.29, 0.717) is 36.7 Å². The maximum absolute atomic E-state index is 13.3. The van der Waals surface area contributed by atoms with Crippen molar-refractivity contribution in [3.8, 4) is 0 Å². The first-order valence-corrected chi connectivity index (χ1v) is 14.9. The van der Waals surface area contributed by atoms with Crippen LogP contribution in [0.1, 0.15) is 26.1 Å². The number of carbonyl (C=O) groups excluding carboxylic acids is 2. The zero-order valence-corrected chi connectivity index (χ0v) is 25.3. The fourth-order valence-electron chi connectivity index (χ4n) is 4.18. The minimum Gasteiger partial charge on any atom is -0.478 e. The number of thioether (sulfide) groups is 1. The Bertz CT molecular complexity index is 1570. The number of aromatic nitrogens is 4. The van der Waals surface area contributed by atoms with Crippen LogP contribution in [0.3, 0.4) is 0 Å². The van der Waals surface area contributed by atoms with Crippen LogP contribution in [-0.2, 0) is 30.6 Å². The summed E-state index contributed by atoms with van der Waals surface area (Å²) >= 11 is 2.11. The van der Waals surface area contributed by atoms with E-state index in [-0.39, 0.29) is 28.8 Å². The molecule has 19 heteroatoms. The van der Waals surface area contributed by atoms with Gasteiger partial charge < -0.3 is 37.6 Å². The molecule has 17 nitrogen and oxygen atoms in total. The topological polar surface area (TPSA) is 266 Å². The van der Waals surface area contributed by atoms with E-state index in [1.807, 2.05) is 0 Å². The summed E-state index contributed by atoms with van der Waals surface area (Å²) in [6, 6.07) is 0. The normalized spacial score (nSPS) is 18.7. The minimum absolute atomic E-state index is 0.0401. The molecule has 2 aromatic rings. The van der Waals surface area contributed by atoms with Gasteiger partial charge in [-0.1, -0.05) is 11.2 Å². The van der Waals surface area contributed by atoms with Gasteiger partial charge in [-0.15, -0.1) is 11.8 Å². The second kappa shape index (κ2) is 13.3. The number of nitrogen functional groups attached to an aromatic ring is 2. The first-order chi connectivity index (χ1) is 20.8. The van der Waals surface area contributed by atoms with Crippen molar-refractivity contribution in [2.75, 3.05) is 35.6 Å². The summed E-state index contributed by atoms with van der Waals surface area (Å²) in [5.74, 6) is -4.30.